The Kier molecular flexibility index (Phi) is 7.63. The van der Waals surface area contributed by atoms with Gasteiger partial charge in [0.15, 0.2) is 5.82 Å². The molecule has 3 rings (SSSR count). The summed E-state index contributed by atoms with van der Waals surface area (Å²) < 4.78 is 12.3. The van der Waals surface area contributed by atoms with E-state index >= 15 is 0 Å². The number of carbonyl (C=O) groups excluding carboxylic acids is 1. The van der Waals surface area contributed by atoms with E-state index in [4.69, 9.17) is 15.3 Å². The highest BCUT2D eigenvalue weighted by molar-refractivity contribution is 7.99. The molecule has 0 aliphatic carbocycles. The summed E-state index contributed by atoms with van der Waals surface area (Å²) >= 11 is 1.22. The van der Waals surface area contributed by atoms with Gasteiger partial charge in [-0.05, 0) is 40.8 Å². The van der Waals surface area contributed by atoms with E-state index < -0.39 is 0 Å². The van der Waals surface area contributed by atoms with Crippen molar-refractivity contribution in [3.63, 3.8) is 0 Å². The lowest BCUT2D eigenvalue weighted by Gasteiger charge is -2.19. The Bertz CT molecular complexity index is 1030. The van der Waals surface area contributed by atoms with Gasteiger partial charge in [-0.3, -0.25) is 4.79 Å². The van der Waals surface area contributed by atoms with Gasteiger partial charge < -0.3 is 20.6 Å². The molecular weight excluding hydrogens is 426 g/mol. The molecule has 170 valence electrons. The molecule has 1 aromatic heterocycles. The second-order valence-corrected chi connectivity index (χ2v) is 9.19. The van der Waals surface area contributed by atoms with E-state index in [-0.39, 0.29) is 23.7 Å². The van der Waals surface area contributed by atoms with Crippen molar-refractivity contribution in [1.29, 1.82) is 0 Å². The second kappa shape index (κ2) is 10.4. The number of rotatable bonds is 9. The molecule has 0 saturated heterocycles. The lowest BCUT2D eigenvalue weighted by Crippen LogP contribution is -2.25. The van der Waals surface area contributed by atoms with Crippen LogP contribution >= 0.6 is 11.8 Å². The van der Waals surface area contributed by atoms with Crippen LogP contribution in [-0.4, -0.2) is 33.6 Å². The number of nitrogens with zero attached hydrogens (tertiary/aromatic N) is 3. The highest BCUT2D eigenvalue weighted by atomic mass is 32.2. The highest BCUT2D eigenvalue weighted by Gasteiger charge is 2.15. The van der Waals surface area contributed by atoms with Crippen molar-refractivity contribution in [2.75, 3.05) is 18.7 Å². The Morgan fingerprint density at radius 2 is 1.72 bits per heavy atom. The molecule has 0 unspecified atom stereocenters. The fraction of sp³-hybridized carbons (Fsp3) is 0.348. The minimum absolute atomic E-state index is 0.0863. The van der Waals surface area contributed by atoms with E-state index in [1.165, 1.54) is 22.0 Å². The molecule has 32 heavy (non-hydrogen) atoms. The van der Waals surface area contributed by atoms with Crippen LogP contribution in [0.25, 0.3) is 0 Å². The first kappa shape index (κ1) is 23.5. The maximum absolute atomic E-state index is 12.2. The normalized spacial score (nSPS) is 11.2. The Hall–Kier alpha value is -3.20. The standard InChI is InChI=1S/C23H29N5O3S/c1-23(2,3)17-7-11-19(12-8-17)31-14-20-26-27-22(28(20)24)32-15-21(29)25-13-16-5-9-18(30-4)10-6-16/h5-12H,13-15,24H2,1-4H3,(H,25,29). The van der Waals surface area contributed by atoms with Crippen molar-refractivity contribution < 1.29 is 14.3 Å². The third-order valence-electron chi connectivity index (χ3n) is 4.80. The summed E-state index contributed by atoms with van der Waals surface area (Å²) in [5, 5.41) is 11.5. The van der Waals surface area contributed by atoms with E-state index in [1.807, 2.05) is 48.5 Å². The number of methoxy groups -OCH3 is 1. The smallest absolute Gasteiger partial charge is 0.230 e. The molecule has 0 aliphatic heterocycles. The van der Waals surface area contributed by atoms with Crippen LogP contribution in [0.2, 0.25) is 0 Å². The molecule has 1 amide bonds. The maximum atomic E-state index is 12.2. The zero-order valence-corrected chi connectivity index (χ0v) is 19.6. The average molecular weight is 456 g/mol. The number of aromatic nitrogens is 3. The van der Waals surface area contributed by atoms with Crippen LogP contribution in [0.1, 0.15) is 37.7 Å². The van der Waals surface area contributed by atoms with Gasteiger partial charge in [0.2, 0.25) is 11.1 Å². The highest BCUT2D eigenvalue weighted by Crippen LogP contribution is 2.24. The Balaban J connectivity index is 1.46. The van der Waals surface area contributed by atoms with Crippen molar-refractivity contribution in [1.82, 2.24) is 20.2 Å². The zero-order chi connectivity index (χ0) is 23.1. The van der Waals surface area contributed by atoms with Gasteiger partial charge in [0.25, 0.3) is 0 Å². The molecule has 0 atom stereocenters. The lowest BCUT2D eigenvalue weighted by atomic mass is 9.87. The van der Waals surface area contributed by atoms with Gasteiger partial charge in [0.1, 0.15) is 18.1 Å². The Labute approximate surface area is 192 Å². The molecule has 0 bridgehead atoms. The summed E-state index contributed by atoms with van der Waals surface area (Å²) in [6, 6.07) is 15.5. The largest absolute Gasteiger partial charge is 0.497 e. The van der Waals surface area contributed by atoms with Crippen molar-refractivity contribution in [3.8, 4) is 11.5 Å². The van der Waals surface area contributed by atoms with Crippen molar-refractivity contribution in [2.45, 2.75) is 44.5 Å². The number of hydrogen-bond acceptors (Lipinski definition) is 7. The summed E-state index contributed by atoms with van der Waals surface area (Å²) in [4.78, 5) is 12.2. The molecule has 0 spiro atoms. The van der Waals surface area contributed by atoms with Crippen LogP contribution in [0.4, 0.5) is 0 Å². The van der Waals surface area contributed by atoms with Crippen LogP contribution in [0, 0.1) is 0 Å². The van der Waals surface area contributed by atoms with Gasteiger partial charge in [-0.1, -0.05) is 56.8 Å². The van der Waals surface area contributed by atoms with Gasteiger partial charge in [0.05, 0.1) is 12.9 Å². The molecule has 0 aliphatic rings. The summed E-state index contributed by atoms with van der Waals surface area (Å²) in [6.07, 6.45) is 0. The van der Waals surface area contributed by atoms with E-state index in [0.29, 0.717) is 17.5 Å². The molecule has 8 nitrogen and oxygen atoms in total. The third kappa shape index (κ3) is 6.40. The molecule has 1 heterocycles. The lowest BCUT2D eigenvalue weighted by molar-refractivity contribution is -0.118. The average Bonchev–Trinajstić information content (AvgIpc) is 3.14. The Morgan fingerprint density at radius 3 is 2.34 bits per heavy atom. The van der Waals surface area contributed by atoms with Gasteiger partial charge in [-0.15, -0.1) is 10.2 Å². The molecule has 0 saturated carbocycles. The molecule has 2 aromatic carbocycles. The maximum Gasteiger partial charge on any atom is 0.230 e. The van der Waals surface area contributed by atoms with Crippen molar-refractivity contribution >= 4 is 17.7 Å². The number of benzene rings is 2. The van der Waals surface area contributed by atoms with Crippen LogP contribution < -0.4 is 20.6 Å². The predicted octanol–water partition coefficient (Wildman–Crippen LogP) is 3.29. The van der Waals surface area contributed by atoms with E-state index in [2.05, 4.69) is 36.3 Å². The predicted molar refractivity (Wildman–Crippen MR) is 125 cm³/mol. The van der Waals surface area contributed by atoms with Gasteiger partial charge in [-0.2, -0.15) is 0 Å². The van der Waals surface area contributed by atoms with Crippen LogP contribution in [0.5, 0.6) is 11.5 Å². The first-order chi connectivity index (χ1) is 15.3. The first-order valence-electron chi connectivity index (χ1n) is 10.2. The van der Waals surface area contributed by atoms with E-state index in [1.54, 1.807) is 7.11 Å². The number of nitrogens with one attached hydrogen (secondary N) is 1. The number of thioether (sulfide) groups is 1. The fourth-order valence-corrected chi connectivity index (χ4v) is 3.53. The minimum atomic E-state index is -0.120. The third-order valence-corrected chi connectivity index (χ3v) is 5.75. The van der Waals surface area contributed by atoms with E-state index in [9.17, 15) is 4.79 Å². The Morgan fingerprint density at radius 1 is 1.06 bits per heavy atom. The first-order valence-corrected chi connectivity index (χ1v) is 11.2. The van der Waals surface area contributed by atoms with Crippen LogP contribution in [0.3, 0.4) is 0 Å². The molecule has 0 radical (unpaired) electrons. The van der Waals surface area contributed by atoms with Crippen molar-refractivity contribution in [3.05, 3.63) is 65.5 Å². The molecule has 3 aromatic rings. The quantitative estimate of drug-likeness (QED) is 0.377. The second-order valence-electron chi connectivity index (χ2n) is 8.25. The summed E-state index contributed by atoms with van der Waals surface area (Å²) in [7, 11) is 1.62. The number of ether oxygens (including phenoxy) is 2. The number of nitrogen functional groups attached to an aromatic ring is 1. The van der Waals surface area contributed by atoms with Gasteiger partial charge in [-0.25, -0.2) is 4.68 Å². The molecule has 9 heteroatoms. The van der Waals surface area contributed by atoms with Gasteiger partial charge in [0, 0.05) is 6.54 Å². The van der Waals surface area contributed by atoms with E-state index in [0.717, 1.165) is 17.1 Å². The number of hydrogen-bond donors (Lipinski definition) is 2. The summed E-state index contributed by atoms with van der Waals surface area (Å²) in [5.74, 6) is 8.12. The zero-order valence-electron chi connectivity index (χ0n) is 18.8. The SMILES string of the molecule is COc1ccc(CNC(=O)CSc2nnc(COc3ccc(C(C)(C)C)cc3)n2N)cc1. The van der Waals surface area contributed by atoms with Crippen LogP contribution in [0.15, 0.2) is 53.7 Å². The molecular formula is C23H29N5O3S. The number of carbonyl (C=O) groups is 1. The fourth-order valence-electron chi connectivity index (χ4n) is 2.83. The number of nitrogens with two attached hydrogens (primary N) is 1. The number of amides is 1. The monoisotopic (exact) mass is 455 g/mol. The van der Waals surface area contributed by atoms with Crippen molar-refractivity contribution in [2.24, 2.45) is 0 Å². The summed E-state index contributed by atoms with van der Waals surface area (Å²) in [6.45, 7) is 7.11. The molecule has 0 fully saturated rings. The van der Waals surface area contributed by atoms with Crippen LogP contribution in [-0.2, 0) is 23.4 Å². The summed E-state index contributed by atoms with van der Waals surface area (Å²) in [5.41, 5.74) is 2.31. The van der Waals surface area contributed by atoms with Gasteiger partial charge >= 0.3 is 0 Å². The molecule has 3 N–H and O–H groups in total. The minimum Gasteiger partial charge on any atom is -0.497 e. The topological polar surface area (TPSA) is 104 Å².